The van der Waals surface area contributed by atoms with Crippen molar-refractivity contribution in [3.8, 4) is 11.5 Å². The van der Waals surface area contributed by atoms with Gasteiger partial charge in [-0.05, 0) is 47.5 Å². The maximum atomic E-state index is 12.5. The number of benzene rings is 4. The highest BCUT2D eigenvalue weighted by molar-refractivity contribution is 5.89. The van der Waals surface area contributed by atoms with Crippen molar-refractivity contribution in [2.45, 2.75) is 5.92 Å². The van der Waals surface area contributed by atoms with Crippen LogP contribution >= 0.6 is 0 Å². The summed E-state index contributed by atoms with van der Waals surface area (Å²) in [5, 5.41) is 5.89. The predicted molar refractivity (Wildman–Crippen MR) is 125 cm³/mol. The van der Waals surface area contributed by atoms with E-state index < -0.39 is 0 Å². The van der Waals surface area contributed by atoms with Crippen molar-refractivity contribution in [3.05, 3.63) is 126 Å². The third-order valence-corrected chi connectivity index (χ3v) is 4.96. The summed E-state index contributed by atoms with van der Waals surface area (Å²) in [6, 6.07) is 37.1. The van der Waals surface area contributed by atoms with Gasteiger partial charge in [-0.25, -0.2) is 4.79 Å². The Morgan fingerprint density at radius 2 is 1.13 bits per heavy atom. The van der Waals surface area contributed by atoms with Gasteiger partial charge in [-0.15, -0.1) is 0 Å². The maximum absolute atomic E-state index is 12.5. The van der Waals surface area contributed by atoms with Gasteiger partial charge in [0.2, 0.25) is 0 Å². The van der Waals surface area contributed by atoms with Crippen LogP contribution in [0.5, 0.6) is 11.5 Å². The van der Waals surface area contributed by atoms with Gasteiger partial charge in [0.1, 0.15) is 11.5 Å². The number of hydrogen-bond acceptors (Lipinski definition) is 2. The van der Waals surface area contributed by atoms with E-state index in [1.54, 1.807) is 0 Å². The molecule has 0 radical (unpaired) electrons. The molecule has 0 saturated carbocycles. The number of carbonyl (C=O) groups excluding carboxylic acids is 1. The highest BCUT2D eigenvalue weighted by Crippen LogP contribution is 2.24. The molecule has 4 nitrogen and oxygen atoms in total. The molecule has 0 aliphatic rings. The summed E-state index contributed by atoms with van der Waals surface area (Å²) in [6.07, 6.45) is 0. The fourth-order valence-corrected chi connectivity index (χ4v) is 3.40. The number of nitrogens with one attached hydrogen (secondary N) is 2. The Balaban J connectivity index is 1.36. The molecule has 0 atom stereocenters. The normalized spacial score (nSPS) is 10.5. The van der Waals surface area contributed by atoms with Crippen LogP contribution in [0, 0.1) is 0 Å². The van der Waals surface area contributed by atoms with Crippen molar-refractivity contribution in [3.63, 3.8) is 0 Å². The number of carbonyl (C=O) groups is 1. The van der Waals surface area contributed by atoms with Gasteiger partial charge in [0, 0.05) is 18.2 Å². The second kappa shape index (κ2) is 10.1. The van der Waals surface area contributed by atoms with Crippen LogP contribution in [0.1, 0.15) is 17.0 Å². The smallest absolute Gasteiger partial charge is 0.319 e. The van der Waals surface area contributed by atoms with E-state index >= 15 is 0 Å². The van der Waals surface area contributed by atoms with Crippen molar-refractivity contribution in [1.29, 1.82) is 0 Å². The van der Waals surface area contributed by atoms with Crippen molar-refractivity contribution in [2.24, 2.45) is 0 Å². The van der Waals surface area contributed by atoms with Crippen LogP contribution < -0.4 is 15.4 Å². The molecular weight excluding hydrogens is 384 g/mol. The van der Waals surface area contributed by atoms with Crippen LogP contribution in [0.2, 0.25) is 0 Å². The van der Waals surface area contributed by atoms with Crippen LogP contribution in [0.4, 0.5) is 10.5 Å². The van der Waals surface area contributed by atoms with Crippen LogP contribution in [0.3, 0.4) is 0 Å². The van der Waals surface area contributed by atoms with Gasteiger partial charge in [0.15, 0.2) is 0 Å². The molecule has 2 N–H and O–H groups in total. The summed E-state index contributed by atoms with van der Waals surface area (Å²) in [5.74, 6) is 1.56. The fraction of sp³-hybridized carbons (Fsp3) is 0.0741. The Kier molecular flexibility index (Phi) is 6.61. The SMILES string of the molecule is O=C(NCC(c1ccccc1)c1ccccc1)Nc1ccc(Oc2ccccc2)cc1. The Morgan fingerprint density at radius 1 is 0.645 bits per heavy atom. The van der Waals surface area contributed by atoms with E-state index in [4.69, 9.17) is 4.74 Å². The zero-order valence-corrected chi connectivity index (χ0v) is 17.1. The molecule has 2 amide bonds. The molecule has 0 unspecified atom stereocenters. The summed E-state index contributed by atoms with van der Waals surface area (Å²) in [6.45, 7) is 0.495. The number of amides is 2. The van der Waals surface area contributed by atoms with Crippen LogP contribution in [0.25, 0.3) is 0 Å². The molecule has 4 heteroatoms. The van der Waals surface area contributed by atoms with Crippen LogP contribution in [-0.4, -0.2) is 12.6 Å². The summed E-state index contributed by atoms with van der Waals surface area (Å²) in [5.41, 5.74) is 3.03. The maximum Gasteiger partial charge on any atom is 0.319 e. The lowest BCUT2D eigenvalue weighted by molar-refractivity contribution is 0.252. The van der Waals surface area contributed by atoms with E-state index in [9.17, 15) is 4.79 Å². The number of rotatable bonds is 7. The third kappa shape index (κ3) is 5.73. The highest BCUT2D eigenvalue weighted by atomic mass is 16.5. The molecule has 0 aliphatic carbocycles. The first-order valence-electron chi connectivity index (χ1n) is 10.3. The van der Waals surface area contributed by atoms with Gasteiger partial charge in [-0.2, -0.15) is 0 Å². The highest BCUT2D eigenvalue weighted by Gasteiger charge is 2.15. The molecule has 0 spiro atoms. The lowest BCUT2D eigenvalue weighted by Crippen LogP contribution is -2.32. The van der Waals surface area contributed by atoms with E-state index in [1.165, 1.54) is 0 Å². The fourth-order valence-electron chi connectivity index (χ4n) is 3.40. The van der Waals surface area contributed by atoms with Gasteiger partial charge >= 0.3 is 6.03 Å². The first kappa shape index (κ1) is 20.2. The largest absolute Gasteiger partial charge is 0.457 e. The quantitative estimate of drug-likeness (QED) is 0.370. The number of anilines is 1. The van der Waals surface area contributed by atoms with E-state index in [0.717, 1.165) is 16.9 Å². The minimum absolute atomic E-state index is 0.0785. The molecule has 4 aromatic rings. The van der Waals surface area contributed by atoms with Gasteiger partial charge in [0.05, 0.1) is 0 Å². The summed E-state index contributed by atoms with van der Waals surface area (Å²) in [7, 11) is 0. The van der Waals surface area contributed by atoms with Crippen LogP contribution in [0.15, 0.2) is 115 Å². The standard InChI is InChI=1S/C27H24N2O2/c30-27(29-23-16-18-25(19-17-23)31-24-14-8-3-9-15-24)28-20-26(21-10-4-1-5-11-21)22-12-6-2-7-13-22/h1-19,26H,20H2,(H2,28,29,30). The summed E-state index contributed by atoms with van der Waals surface area (Å²) < 4.78 is 5.79. The van der Waals surface area contributed by atoms with E-state index in [1.807, 2.05) is 91.0 Å². The molecule has 154 valence electrons. The molecular formula is C27H24N2O2. The molecule has 0 bridgehead atoms. The average Bonchev–Trinajstić information content (AvgIpc) is 2.83. The number of urea groups is 1. The Hall–Kier alpha value is -4.05. The lowest BCUT2D eigenvalue weighted by atomic mass is 9.91. The minimum Gasteiger partial charge on any atom is -0.457 e. The molecule has 0 saturated heterocycles. The molecule has 0 aliphatic heterocycles. The van der Waals surface area contributed by atoms with Crippen molar-refractivity contribution in [2.75, 3.05) is 11.9 Å². The molecule has 0 heterocycles. The van der Waals surface area contributed by atoms with Crippen LogP contribution in [-0.2, 0) is 0 Å². The molecule has 4 aromatic carbocycles. The second-order valence-electron chi connectivity index (χ2n) is 7.15. The third-order valence-electron chi connectivity index (χ3n) is 4.96. The average molecular weight is 409 g/mol. The number of para-hydroxylation sites is 1. The van der Waals surface area contributed by atoms with Gasteiger partial charge < -0.3 is 15.4 Å². The molecule has 0 aromatic heterocycles. The summed E-state index contributed by atoms with van der Waals surface area (Å²) in [4.78, 5) is 12.5. The van der Waals surface area contributed by atoms with Crippen molar-refractivity contribution < 1.29 is 9.53 Å². The minimum atomic E-state index is -0.242. The lowest BCUT2D eigenvalue weighted by Gasteiger charge is -2.19. The topological polar surface area (TPSA) is 50.4 Å². The van der Waals surface area contributed by atoms with Gasteiger partial charge in [-0.3, -0.25) is 0 Å². The molecule has 31 heavy (non-hydrogen) atoms. The van der Waals surface area contributed by atoms with Gasteiger partial charge in [-0.1, -0.05) is 78.9 Å². The van der Waals surface area contributed by atoms with E-state index in [0.29, 0.717) is 18.0 Å². The Labute approximate surface area is 182 Å². The zero-order valence-electron chi connectivity index (χ0n) is 17.1. The monoisotopic (exact) mass is 408 g/mol. The number of hydrogen-bond donors (Lipinski definition) is 2. The molecule has 0 fully saturated rings. The first-order chi connectivity index (χ1) is 15.3. The Bertz CT molecular complexity index is 1040. The predicted octanol–water partition coefficient (Wildman–Crippen LogP) is 6.43. The second-order valence-corrected chi connectivity index (χ2v) is 7.15. The first-order valence-corrected chi connectivity index (χ1v) is 10.3. The number of ether oxygens (including phenoxy) is 1. The molecule has 4 rings (SSSR count). The van der Waals surface area contributed by atoms with Crippen molar-refractivity contribution >= 4 is 11.7 Å². The summed E-state index contributed by atoms with van der Waals surface area (Å²) >= 11 is 0. The van der Waals surface area contributed by atoms with E-state index in [2.05, 4.69) is 34.9 Å². The Morgan fingerprint density at radius 3 is 1.68 bits per heavy atom. The van der Waals surface area contributed by atoms with Crippen molar-refractivity contribution in [1.82, 2.24) is 5.32 Å². The zero-order chi connectivity index (χ0) is 21.3. The van der Waals surface area contributed by atoms with Gasteiger partial charge in [0.25, 0.3) is 0 Å². The van der Waals surface area contributed by atoms with E-state index in [-0.39, 0.29) is 11.9 Å².